The van der Waals surface area contributed by atoms with E-state index in [0.29, 0.717) is 17.8 Å². The maximum atomic E-state index is 11.4. The van der Waals surface area contributed by atoms with Crippen molar-refractivity contribution in [2.24, 2.45) is 0 Å². The van der Waals surface area contributed by atoms with Gasteiger partial charge in [-0.05, 0) is 40.0 Å². The van der Waals surface area contributed by atoms with Crippen LogP contribution in [0.4, 0.5) is 0 Å². The fourth-order valence-electron chi connectivity index (χ4n) is 3.29. The summed E-state index contributed by atoms with van der Waals surface area (Å²) < 4.78 is 10.4. The van der Waals surface area contributed by atoms with E-state index in [4.69, 9.17) is 9.47 Å². The third-order valence-corrected chi connectivity index (χ3v) is 5.24. The van der Waals surface area contributed by atoms with Crippen LogP contribution in [0.2, 0.25) is 0 Å². The first-order chi connectivity index (χ1) is 14.3. The highest BCUT2D eigenvalue weighted by atomic mass is 16.5. The number of unbranched alkanes of at least 4 members (excludes halogenated alkanes) is 13. The molecule has 0 aromatic carbocycles. The molecule has 0 aromatic rings. The summed E-state index contributed by atoms with van der Waals surface area (Å²) in [6, 6.07) is 0. The first kappa shape index (κ1) is 28.4. The first-order valence-corrected chi connectivity index (χ1v) is 12.0. The molecule has 1 unspecified atom stereocenters. The molecule has 0 radical (unpaired) electrons. The summed E-state index contributed by atoms with van der Waals surface area (Å²) in [5, 5.41) is 0. The number of carbonyl (C=O) groups is 2. The van der Waals surface area contributed by atoms with Crippen molar-refractivity contribution in [2.45, 2.75) is 123 Å². The van der Waals surface area contributed by atoms with Crippen LogP contribution in [0.25, 0.3) is 0 Å². The number of hydrogen-bond donors (Lipinski definition) is 0. The van der Waals surface area contributed by atoms with Crippen molar-refractivity contribution in [3.05, 3.63) is 24.3 Å². The topological polar surface area (TPSA) is 52.6 Å². The van der Waals surface area contributed by atoms with Gasteiger partial charge in [-0.3, -0.25) is 0 Å². The van der Waals surface area contributed by atoms with Gasteiger partial charge in [0.15, 0.2) is 0 Å². The summed E-state index contributed by atoms with van der Waals surface area (Å²) >= 11 is 0. The van der Waals surface area contributed by atoms with E-state index in [1.165, 1.54) is 70.6 Å². The molecule has 0 aliphatic rings. The van der Waals surface area contributed by atoms with Gasteiger partial charge in [-0.2, -0.15) is 0 Å². The first-order valence-electron chi connectivity index (χ1n) is 12.0. The lowest BCUT2D eigenvalue weighted by atomic mass is 10.0. The van der Waals surface area contributed by atoms with E-state index in [1.807, 2.05) is 6.92 Å². The molecule has 0 saturated carbocycles. The quantitative estimate of drug-likeness (QED) is 0.116. The predicted molar refractivity (Wildman–Crippen MR) is 125 cm³/mol. The number of ether oxygens (including phenoxy) is 2. The average Bonchev–Trinajstić information content (AvgIpc) is 2.69. The van der Waals surface area contributed by atoms with Crippen LogP contribution in [0.3, 0.4) is 0 Å². The Morgan fingerprint density at radius 3 is 1.40 bits per heavy atom. The molecule has 0 N–H and O–H groups in total. The second-order valence-corrected chi connectivity index (χ2v) is 8.65. The van der Waals surface area contributed by atoms with E-state index < -0.39 is 0 Å². The molecule has 0 amide bonds. The molecule has 0 rings (SSSR count). The van der Waals surface area contributed by atoms with Crippen molar-refractivity contribution in [3.63, 3.8) is 0 Å². The van der Waals surface area contributed by atoms with Gasteiger partial charge in [-0.15, -0.1) is 0 Å². The van der Waals surface area contributed by atoms with Crippen LogP contribution >= 0.6 is 0 Å². The third-order valence-electron chi connectivity index (χ3n) is 5.24. The van der Waals surface area contributed by atoms with Crippen LogP contribution in [0.1, 0.15) is 117 Å². The minimum absolute atomic E-state index is 0.00624. The molecule has 0 aromatic heterocycles. The zero-order chi connectivity index (χ0) is 22.6. The number of rotatable bonds is 20. The lowest BCUT2D eigenvalue weighted by Crippen LogP contribution is -2.15. The summed E-state index contributed by atoms with van der Waals surface area (Å²) in [4.78, 5) is 22.7. The highest BCUT2D eigenvalue weighted by Gasteiger charge is 2.09. The second-order valence-electron chi connectivity index (χ2n) is 8.65. The molecular formula is C26H46O4. The molecule has 4 nitrogen and oxygen atoms in total. The van der Waals surface area contributed by atoms with Gasteiger partial charge in [0.25, 0.3) is 0 Å². The van der Waals surface area contributed by atoms with Crippen LogP contribution in [0.15, 0.2) is 24.3 Å². The SMILES string of the molecule is C=C(C)C(=O)OCCCCCCCCCCCCCCCCC(C)OC(=O)C(=C)C. The van der Waals surface area contributed by atoms with Gasteiger partial charge in [0, 0.05) is 11.1 Å². The van der Waals surface area contributed by atoms with Crippen LogP contribution in [-0.2, 0) is 19.1 Å². The van der Waals surface area contributed by atoms with E-state index in [-0.39, 0.29) is 18.0 Å². The summed E-state index contributed by atoms with van der Waals surface area (Å²) in [5.41, 5.74) is 0.948. The molecule has 4 heteroatoms. The summed E-state index contributed by atoms with van der Waals surface area (Å²) in [5.74, 6) is -0.546. The van der Waals surface area contributed by atoms with Crippen molar-refractivity contribution in [1.82, 2.24) is 0 Å². The monoisotopic (exact) mass is 422 g/mol. The minimum atomic E-state index is -0.274. The molecule has 174 valence electrons. The molecule has 0 fully saturated rings. The Morgan fingerprint density at radius 2 is 1.00 bits per heavy atom. The number of esters is 2. The Kier molecular flexibility index (Phi) is 18.4. The highest BCUT2D eigenvalue weighted by molar-refractivity contribution is 5.87. The summed E-state index contributed by atoms with van der Waals surface area (Å²) in [7, 11) is 0. The maximum absolute atomic E-state index is 11.4. The van der Waals surface area contributed by atoms with Crippen molar-refractivity contribution in [3.8, 4) is 0 Å². The van der Waals surface area contributed by atoms with Crippen LogP contribution in [-0.4, -0.2) is 24.6 Å². The zero-order valence-electron chi connectivity index (χ0n) is 19.9. The second kappa shape index (κ2) is 19.4. The Hall–Kier alpha value is -1.58. The van der Waals surface area contributed by atoms with Gasteiger partial charge in [0.2, 0.25) is 0 Å². The Labute approximate surface area is 185 Å². The molecular weight excluding hydrogens is 376 g/mol. The van der Waals surface area contributed by atoms with Gasteiger partial charge in [0.05, 0.1) is 12.7 Å². The van der Waals surface area contributed by atoms with Crippen molar-refractivity contribution >= 4 is 11.9 Å². The fourth-order valence-corrected chi connectivity index (χ4v) is 3.29. The van der Waals surface area contributed by atoms with Gasteiger partial charge < -0.3 is 9.47 Å². The van der Waals surface area contributed by atoms with Crippen LogP contribution < -0.4 is 0 Å². The van der Waals surface area contributed by atoms with Crippen LogP contribution in [0, 0.1) is 0 Å². The zero-order valence-corrected chi connectivity index (χ0v) is 19.9. The van der Waals surface area contributed by atoms with Gasteiger partial charge in [0.1, 0.15) is 0 Å². The summed E-state index contributed by atoms with van der Waals surface area (Å²) in [6.07, 6.45) is 18.5. The fraction of sp³-hybridized carbons (Fsp3) is 0.769. The van der Waals surface area contributed by atoms with E-state index in [9.17, 15) is 9.59 Å². The van der Waals surface area contributed by atoms with E-state index in [0.717, 1.165) is 25.7 Å². The maximum Gasteiger partial charge on any atom is 0.333 e. The van der Waals surface area contributed by atoms with Crippen molar-refractivity contribution in [2.75, 3.05) is 6.61 Å². The summed E-state index contributed by atoms with van der Waals surface area (Å²) in [6.45, 7) is 13.0. The number of carbonyl (C=O) groups excluding carboxylic acids is 2. The molecule has 0 saturated heterocycles. The molecule has 0 heterocycles. The molecule has 0 bridgehead atoms. The predicted octanol–water partition coefficient (Wildman–Crippen LogP) is 7.47. The third kappa shape index (κ3) is 18.4. The largest absolute Gasteiger partial charge is 0.462 e. The van der Waals surface area contributed by atoms with Gasteiger partial charge >= 0.3 is 11.9 Å². The molecule has 0 spiro atoms. The van der Waals surface area contributed by atoms with E-state index >= 15 is 0 Å². The van der Waals surface area contributed by atoms with Crippen molar-refractivity contribution in [1.29, 1.82) is 0 Å². The lowest BCUT2D eigenvalue weighted by Gasteiger charge is -2.12. The van der Waals surface area contributed by atoms with Gasteiger partial charge in [-0.25, -0.2) is 9.59 Å². The molecule has 30 heavy (non-hydrogen) atoms. The number of hydrogen-bond acceptors (Lipinski definition) is 4. The molecule has 0 aliphatic heterocycles. The van der Waals surface area contributed by atoms with E-state index in [2.05, 4.69) is 13.2 Å². The molecule has 1 atom stereocenters. The normalized spacial score (nSPS) is 11.7. The Morgan fingerprint density at radius 1 is 0.633 bits per heavy atom. The Bertz CT molecular complexity index is 495. The standard InChI is InChI=1S/C26H46O4/c1-22(2)25(27)29-21-19-17-15-13-11-9-7-6-8-10-12-14-16-18-20-24(5)30-26(28)23(3)4/h24H,1,3,6-21H2,2,4-5H3. The van der Waals surface area contributed by atoms with Crippen molar-refractivity contribution < 1.29 is 19.1 Å². The van der Waals surface area contributed by atoms with E-state index in [1.54, 1.807) is 13.8 Å². The Balaban J connectivity index is 3.23. The van der Waals surface area contributed by atoms with Gasteiger partial charge in [-0.1, -0.05) is 90.2 Å². The highest BCUT2D eigenvalue weighted by Crippen LogP contribution is 2.14. The lowest BCUT2D eigenvalue weighted by molar-refractivity contribution is -0.143. The average molecular weight is 423 g/mol. The molecule has 0 aliphatic carbocycles. The van der Waals surface area contributed by atoms with Crippen LogP contribution in [0.5, 0.6) is 0 Å². The minimum Gasteiger partial charge on any atom is -0.462 e. The smallest absolute Gasteiger partial charge is 0.333 e.